The number of benzene rings is 1. The van der Waals surface area contributed by atoms with Crippen molar-refractivity contribution in [1.29, 1.82) is 0 Å². The molecule has 1 N–H and O–H groups in total. The molecular weight excluding hydrogens is 216 g/mol. The van der Waals surface area contributed by atoms with Gasteiger partial charge in [0, 0.05) is 18.8 Å². The van der Waals surface area contributed by atoms with Crippen LogP contribution in [0.3, 0.4) is 0 Å². The maximum absolute atomic E-state index is 11.5. The van der Waals surface area contributed by atoms with Gasteiger partial charge in [-0.05, 0) is 38.7 Å². The summed E-state index contributed by atoms with van der Waals surface area (Å²) in [5, 5.41) is 2.81. The lowest BCUT2D eigenvalue weighted by atomic mass is 10.2. The SMILES string of the molecule is CCOCC(=O)Nc1cccc(CN(C)C)c1. The van der Waals surface area contributed by atoms with Gasteiger partial charge in [0.15, 0.2) is 0 Å². The predicted octanol–water partition coefficient (Wildman–Crippen LogP) is 1.72. The summed E-state index contributed by atoms with van der Waals surface area (Å²) in [5.74, 6) is -0.117. The number of hydrogen-bond donors (Lipinski definition) is 1. The molecule has 0 atom stereocenters. The Labute approximate surface area is 103 Å². The number of carbonyl (C=O) groups is 1. The van der Waals surface area contributed by atoms with E-state index in [4.69, 9.17) is 4.74 Å². The second-order valence-electron chi connectivity index (χ2n) is 4.12. The summed E-state index contributed by atoms with van der Waals surface area (Å²) in [5.41, 5.74) is 1.98. The van der Waals surface area contributed by atoms with E-state index in [-0.39, 0.29) is 12.5 Å². The minimum absolute atomic E-state index is 0.106. The van der Waals surface area contributed by atoms with Crippen LogP contribution >= 0.6 is 0 Å². The van der Waals surface area contributed by atoms with Crippen molar-refractivity contribution < 1.29 is 9.53 Å². The summed E-state index contributed by atoms with van der Waals surface area (Å²) >= 11 is 0. The molecule has 0 heterocycles. The zero-order valence-electron chi connectivity index (χ0n) is 10.7. The number of rotatable bonds is 6. The fraction of sp³-hybridized carbons (Fsp3) is 0.462. The third-order valence-corrected chi connectivity index (χ3v) is 2.15. The Bertz CT molecular complexity index is 364. The van der Waals surface area contributed by atoms with Crippen molar-refractivity contribution in [2.45, 2.75) is 13.5 Å². The van der Waals surface area contributed by atoms with Crippen LogP contribution in [0.2, 0.25) is 0 Å². The summed E-state index contributed by atoms with van der Waals surface area (Å²) in [7, 11) is 4.03. The van der Waals surface area contributed by atoms with Crippen LogP contribution < -0.4 is 5.32 Å². The van der Waals surface area contributed by atoms with Crippen LogP contribution in [0.25, 0.3) is 0 Å². The smallest absolute Gasteiger partial charge is 0.250 e. The van der Waals surface area contributed by atoms with Gasteiger partial charge in [0.1, 0.15) is 6.61 Å². The van der Waals surface area contributed by atoms with Gasteiger partial charge in [-0.2, -0.15) is 0 Å². The van der Waals surface area contributed by atoms with Gasteiger partial charge in [-0.25, -0.2) is 0 Å². The minimum Gasteiger partial charge on any atom is -0.372 e. The standard InChI is InChI=1S/C13H20N2O2/c1-4-17-10-13(16)14-12-7-5-6-11(8-12)9-15(2)3/h5-8H,4,9-10H2,1-3H3,(H,14,16). The number of ether oxygens (including phenoxy) is 1. The van der Waals surface area contributed by atoms with Crippen molar-refractivity contribution >= 4 is 11.6 Å². The Morgan fingerprint density at radius 2 is 2.18 bits per heavy atom. The first-order valence-electron chi connectivity index (χ1n) is 5.73. The van der Waals surface area contributed by atoms with Gasteiger partial charge in [0.05, 0.1) is 0 Å². The van der Waals surface area contributed by atoms with Crippen molar-refractivity contribution in [1.82, 2.24) is 4.90 Å². The van der Waals surface area contributed by atoms with Gasteiger partial charge in [-0.1, -0.05) is 12.1 Å². The van der Waals surface area contributed by atoms with Crippen LogP contribution in [0.5, 0.6) is 0 Å². The Morgan fingerprint density at radius 3 is 2.82 bits per heavy atom. The maximum atomic E-state index is 11.5. The Balaban J connectivity index is 2.56. The molecule has 1 aromatic rings. The molecule has 0 radical (unpaired) electrons. The van der Waals surface area contributed by atoms with Crippen LogP contribution in [0.1, 0.15) is 12.5 Å². The lowest BCUT2D eigenvalue weighted by Crippen LogP contribution is -2.18. The molecule has 1 rings (SSSR count). The third-order valence-electron chi connectivity index (χ3n) is 2.15. The van der Waals surface area contributed by atoms with Gasteiger partial charge in [0.2, 0.25) is 5.91 Å². The molecule has 17 heavy (non-hydrogen) atoms. The fourth-order valence-electron chi connectivity index (χ4n) is 1.50. The van der Waals surface area contributed by atoms with E-state index < -0.39 is 0 Å². The second kappa shape index (κ2) is 7.04. The van der Waals surface area contributed by atoms with Crippen molar-refractivity contribution in [2.75, 3.05) is 32.6 Å². The molecule has 1 aromatic carbocycles. The molecule has 0 aliphatic heterocycles. The molecule has 0 bridgehead atoms. The number of nitrogens with zero attached hydrogens (tertiary/aromatic N) is 1. The van der Waals surface area contributed by atoms with Crippen LogP contribution in [0.4, 0.5) is 5.69 Å². The van der Waals surface area contributed by atoms with E-state index in [0.717, 1.165) is 12.2 Å². The van der Waals surface area contributed by atoms with Gasteiger partial charge >= 0.3 is 0 Å². The summed E-state index contributed by atoms with van der Waals surface area (Å²) in [6.07, 6.45) is 0. The van der Waals surface area contributed by atoms with Crippen molar-refractivity contribution in [3.63, 3.8) is 0 Å². The van der Waals surface area contributed by atoms with Gasteiger partial charge < -0.3 is 15.0 Å². The molecule has 0 unspecified atom stereocenters. The fourth-order valence-corrected chi connectivity index (χ4v) is 1.50. The molecule has 94 valence electrons. The molecule has 0 spiro atoms. The zero-order chi connectivity index (χ0) is 12.7. The average Bonchev–Trinajstić information content (AvgIpc) is 2.26. The molecular formula is C13H20N2O2. The van der Waals surface area contributed by atoms with Crippen LogP contribution in [0, 0.1) is 0 Å². The maximum Gasteiger partial charge on any atom is 0.250 e. The Kier molecular flexibility index (Phi) is 5.66. The zero-order valence-corrected chi connectivity index (χ0v) is 10.7. The highest BCUT2D eigenvalue weighted by Gasteiger charge is 2.03. The monoisotopic (exact) mass is 236 g/mol. The number of carbonyl (C=O) groups excluding carboxylic acids is 1. The largest absolute Gasteiger partial charge is 0.372 e. The Hall–Kier alpha value is -1.39. The Morgan fingerprint density at radius 1 is 1.41 bits per heavy atom. The summed E-state index contributed by atoms with van der Waals surface area (Å²) in [4.78, 5) is 13.5. The van der Waals surface area contributed by atoms with Crippen molar-refractivity contribution in [3.05, 3.63) is 29.8 Å². The molecule has 4 nitrogen and oxygen atoms in total. The highest BCUT2D eigenvalue weighted by molar-refractivity contribution is 5.91. The van der Waals surface area contributed by atoms with E-state index in [1.807, 2.05) is 45.3 Å². The van der Waals surface area contributed by atoms with E-state index in [9.17, 15) is 4.79 Å². The second-order valence-corrected chi connectivity index (χ2v) is 4.12. The highest BCUT2D eigenvalue weighted by atomic mass is 16.5. The number of anilines is 1. The number of hydrogen-bond acceptors (Lipinski definition) is 3. The predicted molar refractivity (Wildman–Crippen MR) is 69.0 cm³/mol. The minimum atomic E-state index is -0.117. The van der Waals surface area contributed by atoms with Crippen LogP contribution in [-0.4, -0.2) is 38.1 Å². The molecule has 0 aliphatic rings. The molecule has 4 heteroatoms. The van der Waals surface area contributed by atoms with Crippen molar-refractivity contribution in [2.24, 2.45) is 0 Å². The van der Waals surface area contributed by atoms with E-state index in [2.05, 4.69) is 10.2 Å². The molecule has 1 amide bonds. The first kappa shape index (κ1) is 13.7. The van der Waals surface area contributed by atoms with E-state index in [1.54, 1.807) is 0 Å². The molecule has 0 saturated heterocycles. The van der Waals surface area contributed by atoms with Crippen LogP contribution in [0.15, 0.2) is 24.3 Å². The average molecular weight is 236 g/mol. The molecule has 0 aliphatic carbocycles. The summed E-state index contributed by atoms with van der Waals surface area (Å²) in [6.45, 7) is 3.38. The van der Waals surface area contributed by atoms with E-state index in [0.29, 0.717) is 6.61 Å². The van der Waals surface area contributed by atoms with E-state index in [1.165, 1.54) is 5.56 Å². The molecule has 0 aromatic heterocycles. The summed E-state index contributed by atoms with van der Waals surface area (Å²) < 4.78 is 5.04. The van der Waals surface area contributed by atoms with Gasteiger partial charge in [0.25, 0.3) is 0 Å². The normalized spacial score (nSPS) is 10.6. The quantitative estimate of drug-likeness (QED) is 0.817. The number of nitrogens with one attached hydrogen (secondary N) is 1. The first-order chi connectivity index (χ1) is 8.11. The van der Waals surface area contributed by atoms with E-state index >= 15 is 0 Å². The lowest BCUT2D eigenvalue weighted by molar-refractivity contribution is -0.120. The number of amides is 1. The topological polar surface area (TPSA) is 41.6 Å². The van der Waals surface area contributed by atoms with Crippen LogP contribution in [-0.2, 0) is 16.1 Å². The van der Waals surface area contributed by atoms with Gasteiger partial charge in [-0.3, -0.25) is 4.79 Å². The van der Waals surface area contributed by atoms with Crippen molar-refractivity contribution in [3.8, 4) is 0 Å². The first-order valence-corrected chi connectivity index (χ1v) is 5.73. The lowest BCUT2D eigenvalue weighted by Gasteiger charge is -2.11. The summed E-state index contributed by atoms with van der Waals surface area (Å²) in [6, 6.07) is 7.83. The third kappa shape index (κ3) is 5.47. The highest BCUT2D eigenvalue weighted by Crippen LogP contribution is 2.11. The molecule has 0 saturated carbocycles. The molecule has 0 fully saturated rings. The van der Waals surface area contributed by atoms with Gasteiger partial charge in [-0.15, -0.1) is 0 Å².